The molecule has 1 fully saturated rings. The van der Waals surface area contributed by atoms with Crippen LogP contribution in [0.5, 0.6) is 0 Å². The van der Waals surface area contributed by atoms with Crippen LogP contribution < -0.4 is 16.0 Å². The number of halogens is 1. The normalized spacial score (nSPS) is 14.3. The lowest BCUT2D eigenvalue weighted by molar-refractivity contribution is -0.383. The van der Waals surface area contributed by atoms with Gasteiger partial charge in [-0.25, -0.2) is 0 Å². The topological polar surface area (TPSA) is 110 Å². The van der Waals surface area contributed by atoms with E-state index in [1.54, 1.807) is 12.1 Å². The summed E-state index contributed by atoms with van der Waals surface area (Å²) < 4.78 is 0. The summed E-state index contributed by atoms with van der Waals surface area (Å²) in [6.07, 6.45) is 2.88. The molecule has 166 valence electrons. The molecule has 1 saturated heterocycles. The second kappa shape index (κ2) is 9.82. The number of nitrogens with zero attached hydrogens (tertiary/aromatic N) is 4. The molecular formula is C23H25ClN6O2. The van der Waals surface area contributed by atoms with E-state index in [0.29, 0.717) is 30.6 Å². The highest BCUT2D eigenvalue weighted by Crippen LogP contribution is 2.35. The lowest BCUT2D eigenvalue weighted by Crippen LogP contribution is -2.35. The van der Waals surface area contributed by atoms with Gasteiger partial charge in [0.25, 0.3) is 0 Å². The minimum atomic E-state index is -0.496. The van der Waals surface area contributed by atoms with Gasteiger partial charge in [-0.05, 0) is 48.4 Å². The van der Waals surface area contributed by atoms with E-state index >= 15 is 0 Å². The molecule has 0 spiro atoms. The fourth-order valence-corrected chi connectivity index (χ4v) is 4.14. The summed E-state index contributed by atoms with van der Waals surface area (Å²) in [4.78, 5) is 21.7. The zero-order valence-corrected chi connectivity index (χ0v) is 18.3. The third-order valence-corrected chi connectivity index (χ3v) is 5.97. The molecule has 0 radical (unpaired) electrons. The van der Waals surface area contributed by atoms with Crippen molar-refractivity contribution in [2.24, 2.45) is 5.92 Å². The van der Waals surface area contributed by atoms with Crippen LogP contribution in [0.4, 0.5) is 23.3 Å². The van der Waals surface area contributed by atoms with Crippen LogP contribution in [0.1, 0.15) is 24.0 Å². The maximum Gasteiger partial charge on any atom is 0.353 e. The van der Waals surface area contributed by atoms with Gasteiger partial charge in [0.1, 0.15) is 0 Å². The Morgan fingerprint density at radius 2 is 1.75 bits per heavy atom. The number of anilines is 3. The standard InChI is InChI=1S/C23H25ClN6O2/c24-19-8-6-18(7-9-19)15-26-23-27-21(25)20(30(31)32)22(28-23)29-12-10-17(11-13-29)14-16-4-2-1-3-5-16/h1-9,17H,10-15H2,(H3,25,26,27,28). The van der Waals surface area contributed by atoms with E-state index in [0.717, 1.165) is 24.8 Å². The van der Waals surface area contributed by atoms with Crippen molar-refractivity contribution in [3.05, 3.63) is 80.9 Å². The molecule has 3 N–H and O–H groups in total. The molecule has 4 rings (SSSR count). The predicted molar refractivity (Wildman–Crippen MR) is 127 cm³/mol. The SMILES string of the molecule is Nc1nc(NCc2ccc(Cl)cc2)nc(N2CCC(Cc3ccccc3)CC2)c1[N+](=O)[O-]. The first-order chi connectivity index (χ1) is 15.5. The molecule has 32 heavy (non-hydrogen) atoms. The highest BCUT2D eigenvalue weighted by Gasteiger charge is 2.30. The number of hydrogen-bond donors (Lipinski definition) is 2. The smallest absolute Gasteiger partial charge is 0.353 e. The van der Waals surface area contributed by atoms with Gasteiger partial charge in [-0.15, -0.1) is 0 Å². The van der Waals surface area contributed by atoms with Crippen molar-refractivity contribution >= 4 is 34.9 Å². The van der Waals surface area contributed by atoms with Crippen molar-refractivity contribution in [1.29, 1.82) is 0 Å². The van der Waals surface area contributed by atoms with E-state index in [9.17, 15) is 10.1 Å². The van der Waals surface area contributed by atoms with Gasteiger partial charge in [0.2, 0.25) is 17.6 Å². The maximum absolute atomic E-state index is 11.7. The van der Waals surface area contributed by atoms with Crippen LogP contribution in [0.25, 0.3) is 0 Å². The van der Waals surface area contributed by atoms with Crippen molar-refractivity contribution in [2.75, 3.05) is 29.0 Å². The van der Waals surface area contributed by atoms with Crippen LogP contribution in [0, 0.1) is 16.0 Å². The van der Waals surface area contributed by atoms with E-state index in [1.807, 2.05) is 23.1 Å². The van der Waals surface area contributed by atoms with Gasteiger partial charge in [0.05, 0.1) is 4.92 Å². The number of aromatic nitrogens is 2. The highest BCUT2D eigenvalue weighted by molar-refractivity contribution is 6.30. The van der Waals surface area contributed by atoms with Gasteiger partial charge in [-0.3, -0.25) is 10.1 Å². The predicted octanol–water partition coefficient (Wildman–Crippen LogP) is 4.69. The number of nitro groups is 1. The summed E-state index contributed by atoms with van der Waals surface area (Å²) in [5.74, 6) is 0.947. The van der Waals surface area contributed by atoms with Crippen molar-refractivity contribution < 1.29 is 4.92 Å². The summed E-state index contributed by atoms with van der Waals surface area (Å²) in [5, 5.41) is 15.5. The van der Waals surface area contributed by atoms with Gasteiger partial charge in [0.15, 0.2) is 0 Å². The van der Waals surface area contributed by atoms with E-state index < -0.39 is 4.92 Å². The molecule has 1 aliphatic heterocycles. The average molecular weight is 453 g/mol. The van der Waals surface area contributed by atoms with Crippen LogP contribution in [-0.4, -0.2) is 28.0 Å². The van der Waals surface area contributed by atoms with E-state index in [1.165, 1.54) is 5.56 Å². The Labute approximate surface area is 191 Å². The lowest BCUT2D eigenvalue weighted by atomic mass is 9.90. The van der Waals surface area contributed by atoms with Crippen LogP contribution in [0.2, 0.25) is 5.02 Å². The number of rotatable bonds is 7. The molecule has 0 amide bonds. The Kier molecular flexibility index (Phi) is 6.70. The molecule has 0 atom stereocenters. The number of nitrogens with one attached hydrogen (secondary N) is 1. The zero-order valence-electron chi connectivity index (χ0n) is 17.6. The molecule has 9 heteroatoms. The van der Waals surface area contributed by atoms with Crippen molar-refractivity contribution in [3.8, 4) is 0 Å². The molecule has 3 aromatic rings. The largest absolute Gasteiger partial charge is 0.378 e. The minimum Gasteiger partial charge on any atom is -0.378 e. The zero-order chi connectivity index (χ0) is 22.5. The van der Waals surface area contributed by atoms with Gasteiger partial charge >= 0.3 is 5.69 Å². The minimum absolute atomic E-state index is 0.134. The summed E-state index contributed by atoms with van der Waals surface area (Å²) in [6.45, 7) is 1.82. The number of benzene rings is 2. The van der Waals surface area contributed by atoms with Crippen LogP contribution in [-0.2, 0) is 13.0 Å². The Morgan fingerprint density at radius 1 is 1.06 bits per heavy atom. The number of nitrogen functional groups attached to an aromatic ring is 1. The Balaban J connectivity index is 1.48. The van der Waals surface area contributed by atoms with Crippen molar-refractivity contribution in [3.63, 3.8) is 0 Å². The Morgan fingerprint density at radius 3 is 2.41 bits per heavy atom. The summed E-state index contributed by atoms with van der Waals surface area (Å²) >= 11 is 5.93. The molecule has 0 aliphatic carbocycles. The van der Waals surface area contributed by atoms with E-state index in [-0.39, 0.29) is 23.3 Å². The lowest BCUT2D eigenvalue weighted by Gasteiger charge is -2.32. The molecule has 8 nitrogen and oxygen atoms in total. The quantitative estimate of drug-likeness (QED) is 0.395. The van der Waals surface area contributed by atoms with Crippen molar-refractivity contribution in [2.45, 2.75) is 25.8 Å². The van der Waals surface area contributed by atoms with Gasteiger partial charge in [-0.1, -0.05) is 54.1 Å². The maximum atomic E-state index is 11.7. The van der Waals surface area contributed by atoms with E-state index in [2.05, 4.69) is 39.6 Å². The molecular weight excluding hydrogens is 428 g/mol. The monoisotopic (exact) mass is 452 g/mol. The summed E-state index contributed by atoms with van der Waals surface area (Å²) in [6, 6.07) is 17.8. The molecule has 0 unspecified atom stereocenters. The molecule has 0 saturated carbocycles. The molecule has 2 heterocycles. The molecule has 1 aliphatic rings. The summed E-state index contributed by atoms with van der Waals surface area (Å²) in [5.41, 5.74) is 8.04. The first kappa shape index (κ1) is 21.8. The third-order valence-electron chi connectivity index (χ3n) is 5.72. The van der Waals surface area contributed by atoms with Gasteiger partial charge < -0.3 is 16.0 Å². The molecule has 2 aromatic carbocycles. The number of hydrogen-bond acceptors (Lipinski definition) is 7. The van der Waals surface area contributed by atoms with Crippen LogP contribution >= 0.6 is 11.6 Å². The van der Waals surface area contributed by atoms with Crippen LogP contribution in [0.3, 0.4) is 0 Å². The first-order valence-corrected chi connectivity index (χ1v) is 11.0. The number of nitrogens with two attached hydrogens (primary N) is 1. The molecule has 1 aromatic heterocycles. The summed E-state index contributed by atoms with van der Waals surface area (Å²) in [7, 11) is 0. The van der Waals surface area contributed by atoms with Crippen molar-refractivity contribution in [1.82, 2.24) is 9.97 Å². The second-order valence-electron chi connectivity index (χ2n) is 7.96. The Hall–Kier alpha value is -3.39. The fourth-order valence-electron chi connectivity index (χ4n) is 4.01. The first-order valence-electron chi connectivity index (χ1n) is 10.6. The average Bonchev–Trinajstić information content (AvgIpc) is 2.79. The highest BCUT2D eigenvalue weighted by atomic mass is 35.5. The molecule has 0 bridgehead atoms. The second-order valence-corrected chi connectivity index (χ2v) is 8.40. The Bertz CT molecular complexity index is 1070. The fraction of sp³-hybridized carbons (Fsp3) is 0.304. The van der Waals surface area contributed by atoms with Crippen LogP contribution in [0.15, 0.2) is 54.6 Å². The van der Waals surface area contributed by atoms with Gasteiger partial charge in [0, 0.05) is 24.7 Å². The number of piperidine rings is 1. The third kappa shape index (κ3) is 5.26. The van der Waals surface area contributed by atoms with E-state index in [4.69, 9.17) is 17.3 Å². The van der Waals surface area contributed by atoms with Gasteiger partial charge in [-0.2, -0.15) is 9.97 Å².